The van der Waals surface area contributed by atoms with Crippen molar-refractivity contribution in [3.05, 3.63) is 17.6 Å². The molecule has 0 fully saturated rings. The van der Waals surface area contributed by atoms with Crippen LogP contribution in [0.15, 0.2) is 17.6 Å². The Morgan fingerprint density at radius 2 is 2.31 bits per heavy atom. The summed E-state index contributed by atoms with van der Waals surface area (Å²) in [4.78, 5) is 1.19. The van der Waals surface area contributed by atoms with Crippen molar-refractivity contribution in [1.82, 2.24) is 4.68 Å². The molecule has 0 radical (unpaired) electrons. The molecule has 3 N–H and O–H groups in total. The molecule has 13 heavy (non-hydrogen) atoms. The highest BCUT2D eigenvalue weighted by Crippen LogP contribution is 2.28. The third kappa shape index (κ3) is 1.37. The second kappa shape index (κ2) is 2.96. The first-order chi connectivity index (χ1) is 6.18. The Bertz CT molecular complexity index is 413. The molecule has 2 heterocycles. The van der Waals surface area contributed by atoms with Crippen LogP contribution in [-0.4, -0.2) is 10.7 Å². The number of hydrogen-bond acceptors (Lipinski definition) is 3. The Hall–Kier alpha value is -1.16. The van der Waals surface area contributed by atoms with E-state index in [4.69, 9.17) is 5.73 Å². The first-order valence-electron chi connectivity index (χ1n) is 4.29. The second-order valence-corrected chi connectivity index (χ2v) is 4.24. The van der Waals surface area contributed by atoms with Crippen molar-refractivity contribution < 1.29 is 0 Å². The highest BCUT2D eigenvalue weighted by Gasteiger charge is 2.05. The Kier molecular flexibility index (Phi) is 1.92. The number of aromatic nitrogens is 1. The van der Waals surface area contributed by atoms with Gasteiger partial charge in [0.05, 0.1) is 5.69 Å². The lowest BCUT2D eigenvalue weighted by Crippen LogP contribution is -2.20. The lowest BCUT2D eigenvalue weighted by atomic mass is 10.4. The van der Waals surface area contributed by atoms with Gasteiger partial charge in [-0.05, 0) is 19.9 Å². The molecule has 3 nitrogen and oxygen atoms in total. The fourth-order valence-electron chi connectivity index (χ4n) is 1.32. The van der Waals surface area contributed by atoms with E-state index in [9.17, 15) is 0 Å². The van der Waals surface area contributed by atoms with E-state index >= 15 is 0 Å². The molecule has 0 spiro atoms. The lowest BCUT2D eigenvalue weighted by Gasteiger charge is -2.10. The van der Waals surface area contributed by atoms with Gasteiger partial charge in [0, 0.05) is 23.0 Å². The molecule has 0 unspecified atom stereocenters. The van der Waals surface area contributed by atoms with Crippen molar-refractivity contribution in [2.24, 2.45) is 0 Å². The van der Waals surface area contributed by atoms with Crippen LogP contribution in [0.25, 0.3) is 10.2 Å². The number of nitrogen functional groups attached to an aromatic ring is 1. The molecular formula is C9H13N3S. The van der Waals surface area contributed by atoms with Crippen LogP contribution in [0.1, 0.15) is 13.8 Å². The normalized spacial score (nSPS) is 11.3. The van der Waals surface area contributed by atoms with Gasteiger partial charge in [0.15, 0.2) is 0 Å². The zero-order chi connectivity index (χ0) is 9.42. The van der Waals surface area contributed by atoms with Crippen LogP contribution in [0.3, 0.4) is 0 Å². The van der Waals surface area contributed by atoms with Crippen molar-refractivity contribution in [2.45, 2.75) is 19.9 Å². The van der Waals surface area contributed by atoms with Crippen molar-refractivity contribution in [2.75, 3.05) is 11.2 Å². The molecule has 2 aromatic heterocycles. The van der Waals surface area contributed by atoms with Crippen LogP contribution in [0.5, 0.6) is 0 Å². The number of thiophene rings is 1. The van der Waals surface area contributed by atoms with Gasteiger partial charge in [0.25, 0.3) is 0 Å². The van der Waals surface area contributed by atoms with Gasteiger partial charge in [-0.3, -0.25) is 4.68 Å². The van der Waals surface area contributed by atoms with Gasteiger partial charge in [0.1, 0.15) is 4.83 Å². The molecule has 0 saturated heterocycles. The minimum Gasteiger partial charge on any atom is -0.398 e. The summed E-state index contributed by atoms with van der Waals surface area (Å²) in [7, 11) is 0. The van der Waals surface area contributed by atoms with Gasteiger partial charge in [-0.25, -0.2) is 0 Å². The Balaban J connectivity index is 2.46. The molecule has 0 aliphatic carbocycles. The predicted octanol–water partition coefficient (Wildman–Crippen LogP) is 2.24. The molecule has 2 aromatic rings. The summed E-state index contributed by atoms with van der Waals surface area (Å²) < 4.78 is 2.03. The molecule has 2 rings (SSSR count). The largest absolute Gasteiger partial charge is 0.398 e. The highest BCUT2D eigenvalue weighted by atomic mass is 32.1. The van der Waals surface area contributed by atoms with Crippen LogP contribution in [0.2, 0.25) is 0 Å². The van der Waals surface area contributed by atoms with Crippen molar-refractivity contribution in [1.29, 1.82) is 0 Å². The third-order valence-corrected chi connectivity index (χ3v) is 2.86. The van der Waals surface area contributed by atoms with Crippen LogP contribution in [-0.2, 0) is 0 Å². The summed E-state index contributed by atoms with van der Waals surface area (Å²) in [6.45, 7) is 4.23. The summed E-state index contributed by atoms with van der Waals surface area (Å²) >= 11 is 1.66. The predicted molar refractivity (Wildman–Crippen MR) is 58.7 cm³/mol. The van der Waals surface area contributed by atoms with E-state index < -0.39 is 0 Å². The molecule has 0 saturated carbocycles. The number of nitrogens with one attached hydrogen (secondary N) is 1. The Morgan fingerprint density at radius 1 is 1.54 bits per heavy atom. The standard InChI is InChI=1S/C9H13N3S/c1-6(2)11-12-4-3-7-8(10)5-13-9(7)12/h3-6,11H,10H2,1-2H3. The number of hydrogen-bond donors (Lipinski definition) is 2. The fourth-order valence-corrected chi connectivity index (χ4v) is 2.23. The van der Waals surface area contributed by atoms with E-state index in [1.807, 2.05) is 22.3 Å². The SMILES string of the molecule is CC(C)Nn1ccc2c(N)csc21. The van der Waals surface area contributed by atoms with Gasteiger partial charge in [-0.2, -0.15) is 0 Å². The zero-order valence-electron chi connectivity index (χ0n) is 7.74. The number of rotatable bonds is 2. The van der Waals surface area contributed by atoms with Gasteiger partial charge in [0.2, 0.25) is 0 Å². The lowest BCUT2D eigenvalue weighted by molar-refractivity contribution is 0.758. The minimum absolute atomic E-state index is 0.430. The van der Waals surface area contributed by atoms with E-state index in [-0.39, 0.29) is 0 Å². The summed E-state index contributed by atoms with van der Waals surface area (Å²) in [6.07, 6.45) is 2.01. The zero-order valence-corrected chi connectivity index (χ0v) is 8.56. The summed E-state index contributed by atoms with van der Waals surface area (Å²) in [5.74, 6) is 0. The van der Waals surface area contributed by atoms with Crippen molar-refractivity contribution >= 4 is 27.2 Å². The maximum Gasteiger partial charge on any atom is 0.124 e. The van der Waals surface area contributed by atoms with Gasteiger partial charge in [-0.1, -0.05) is 0 Å². The fraction of sp³-hybridized carbons (Fsp3) is 0.333. The molecule has 4 heteroatoms. The topological polar surface area (TPSA) is 43.0 Å². The van der Waals surface area contributed by atoms with Gasteiger partial charge in [-0.15, -0.1) is 11.3 Å². The molecule has 0 aliphatic rings. The number of nitrogens with zero attached hydrogens (tertiary/aromatic N) is 1. The first-order valence-corrected chi connectivity index (χ1v) is 5.17. The molecule has 0 atom stereocenters. The molecule has 0 bridgehead atoms. The molecule has 0 amide bonds. The van der Waals surface area contributed by atoms with E-state index in [1.54, 1.807) is 11.3 Å². The molecule has 70 valence electrons. The smallest absolute Gasteiger partial charge is 0.124 e. The minimum atomic E-state index is 0.430. The number of fused-ring (bicyclic) bond motifs is 1. The Morgan fingerprint density at radius 3 is 3.00 bits per heavy atom. The van der Waals surface area contributed by atoms with E-state index in [0.29, 0.717) is 6.04 Å². The van der Waals surface area contributed by atoms with Gasteiger partial charge >= 0.3 is 0 Å². The second-order valence-electron chi connectivity index (χ2n) is 3.38. The maximum atomic E-state index is 5.79. The monoisotopic (exact) mass is 195 g/mol. The van der Waals surface area contributed by atoms with E-state index in [0.717, 1.165) is 11.1 Å². The van der Waals surface area contributed by atoms with Crippen LogP contribution in [0.4, 0.5) is 5.69 Å². The highest BCUT2D eigenvalue weighted by molar-refractivity contribution is 7.17. The van der Waals surface area contributed by atoms with Gasteiger partial charge < -0.3 is 11.2 Å². The average molecular weight is 195 g/mol. The summed E-state index contributed by atoms with van der Waals surface area (Å²) in [6, 6.07) is 2.47. The molecule has 0 aliphatic heterocycles. The van der Waals surface area contributed by atoms with E-state index in [2.05, 4.69) is 19.3 Å². The first kappa shape index (κ1) is 8.44. The number of anilines is 1. The quantitative estimate of drug-likeness (QED) is 0.771. The Labute approximate surface area is 81.1 Å². The van der Waals surface area contributed by atoms with Crippen molar-refractivity contribution in [3.8, 4) is 0 Å². The van der Waals surface area contributed by atoms with Crippen molar-refractivity contribution in [3.63, 3.8) is 0 Å². The molecule has 0 aromatic carbocycles. The molecular weight excluding hydrogens is 182 g/mol. The summed E-state index contributed by atoms with van der Waals surface area (Å²) in [5.41, 5.74) is 9.97. The summed E-state index contributed by atoms with van der Waals surface area (Å²) in [5, 5.41) is 3.11. The van der Waals surface area contributed by atoms with Crippen LogP contribution < -0.4 is 11.2 Å². The third-order valence-electron chi connectivity index (χ3n) is 1.85. The maximum absolute atomic E-state index is 5.79. The number of nitrogens with two attached hydrogens (primary N) is 1. The van der Waals surface area contributed by atoms with Crippen LogP contribution in [0, 0.1) is 0 Å². The average Bonchev–Trinajstić information content (AvgIpc) is 2.56. The van der Waals surface area contributed by atoms with E-state index in [1.165, 1.54) is 4.83 Å². The van der Waals surface area contributed by atoms with Crippen LogP contribution >= 0.6 is 11.3 Å².